The highest BCUT2D eigenvalue weighted by atomic mass is 32.2. The standard InChI is InChI=1S/C15H17NO2S2/c1-16-7-5-12-13(15(17,18)10-16)3-2-4-14(12)20-11-6-8-19-9-11/h2-4,6,8-9,17-18H,5,7,10H2,1H3. The number of rotatable bonds is 2. The first-order valence-electron chi connectivity index (χ1n) is 6.52. The van der Waals surface area contributed by atoms with E-state index in [1.165, 1.54) is 4.90 Å². The minimum Gasteiger partial charge on any atom is -0.361 e. The molecule has 0 radical (unpaired) electrons. The fourth-order valence-corrected chi connectivity index (χ4v) is 4.41. The molecule has 2 N–H and O–H groups in total. The fraction of sp³-hybridized carbons (Fsp3) is 0.333. The van der Waals surface area contributed by atoms with Crippen molar-refractivity contribution in [3.63, 3.8) is 0 Å². The van der Waals surface area contributed by atoms with Crippen LogP contribution in [0.5, 0.6) is 0 Å². The summed E-state index contributed by atoms with van der Waals surface area (Å²) in [6, 6.07) is 7.87. The summed E-state index contributed by atoms with van der Waals surface area (Å²) in [5.74, 6) is -1.77. The van der Waals surface area contributed by atoms with E-state index in [4.69, 9.17) is 0 Å². The molecule has 3 nitrogen and oxygen atoms in total. The molecule has 0 aliphatic carbocycles. The highest BCUT2D eigenvalue weighted by Gasteiger charge is 2.33. The average molecular weight is 307 g/mol. The molecule has 0 unspecified atom stereocenters. The first-order chi connectivity index (χ1) is 9.56. The predicted molar refractivity (Wildman–Crippen MR) is 82.2 cm³/mol. The van der Waals surface area contributed by atoms with Crippen LogP contribution in [0.3, 0.4) is 0 Å². The molecule has 0 saturated heterocycles. The fourth-order valence-electron chi connectivity index (χ4n) is 2.57. The van der Waals surface area contributed by atoms with Crippen molar-refractivity contribution < 1.29 is 10.2 Å². The third-order valence-corrected chi connectivity index (χ3v) is 5.45. The van der Waals surface area contributed by atoms with Gasteiger partial charge in [-0.2, -0.15) is 11.3 Å². The molecule has 1 aromatic carbocycles. The molecular formula is C15H17NO2S2. The number of likely N-dealkylation sites (N-methyl/N-ethyl adjacent to an activating group) is 1. The van der Waals surface area contributed by atoms with Crippen LogP contribution in [0.25, 0.3) is 0 Å². The lowest BCUT2D eigenvalue weighted by atomic mass is 9.99. The van der Waals surface area contributed by atoms with E-state index in [-0.39, 0.29) is 6.54 Å². The predicted octanol–water partition coefficient (Wildman–Crippen LogP) is 2.52. The van der Waals surface area contributed by atoms with Crippen molar-refractivity contribution in [3.8, 4) is 0 Å². The number of hydrogen-bond acceptors (Lipinski definition) is 5. The van der Waals surface area contributed by atoms with Crippen molar-refractivity contribution in [3.05, 3.63) is 46.2 Å². The Bertz CT molecular complexity index is 596. The maximum atomic E-state index is 10.3. The third-order valence-electron chi connectivity index (χ3n) is 3.52. The van der Waals surface area contributed by atoms with E-state index >= 15 is 0 Å². The Labute approximate surface area is 126 Å². The molecule has 0 spiro atoms. The highest BCUT2D eigenvalue weighted by Crippen LogP contribution is 2.37. The normalized spacial score (nSPS) is 18.6. The molecule has 1 aliphatic rings. The summed E-state index contributed by atoms with van der Waals surface area (Å²) in [6.45, 7) is 1.07. The van der Waals surface area contributed by atoms with Gasteiger partial charge in [0.2, 0.25) is 5.79 Å². The highest BCUT2D eigenvalue weighted by molar-refractivity contribution is 7.99. The van der Waals surface area contributed by atoms with Gasteiger partial charge in [0, 0.05) is 27.3 Å². The first kappa shape index (κ1) is 14.1. The Morgan fingerprint density at radius 1 is 1.30 bits per heavy atom. The Hall–Kier alpha value is -0.850. The van der Waals surface area contributed by atoms with Crippen molar-refractivity contribution in [2.45, 2.75) is 22.0 Å². The van der Waals surface area contributed by atoms with E-state index in [9.17, 15) is 10.2 Å². The lowest BCUT2D eigenvalue weighted by Gasteiger charge is -2.25. The van der Waals surface area contributed by atoms with Gasteiger partial charge in [0.25, 0.3) is 0 Å². The molecule has 0 bridgehead atoms. The van der Waals surface area contributed by atoms with Gasteiger partial charge in [-0.05, 0) is 36.5 Å². The summed E-state index contributed by atoms with van der Waals surface area (Å²) in [6.07, 6.45) is 0.835. The lowest BCUT2D eigenvalue weighted by Crippen LogP contribution is -2.37. The number of aliphatic hydroxyl groups is 2. The second kappa shape index (κ2) is 5.50. The van der Waals surface area contributed by atoms with Gasteiger partial charge in [0.05, 0.1) is 6.54 Å². The number of hydrogen-bond donors (Lipinski definition) is 2. The number of thiophene rings is 1. The largest absolute Gasteiger partial charge is 0.361 e. The summed E-state index contributed by atoms with van der Waals surface area (Å²) in [5, 5.41) is 24.8. The van der Waals surface area contributed by atoms with E-state index in [1.807, 2.05) is 24.1 Å². The maximum Gasteiger partial charge on any atom is 0.203 e. The van der Waals surface area contributed by atoms with E-state index in [2.05, 4.69) is 22.9 Å². The zero-order chi connectivity index (χ0) is 14.2. The van der Waals surface area contributed by atoms with Crippen LogP contribution in [0.4, 0.5) is 0 Å². The van der Waals surface area contributed by atoms with Crippen molar-refractivity contribution in [1.29, 1.82) is 0 Å². The van der Waals surface area contributed by atoms with Gasteiger partial charge in [-0.1, -0.05) is 23.9 Å². The van der Waals surface area contributed by atoms with Crippen molar-refractivity contribution in [2.24, 2.45) is 0 Å². The van der Waals surface area contributed by atoms with Crippen LogP contribution in [0.1, 0.15) is 11.1 Å². The average Bonchev–Trinajstić information content (AvgIpc) is 2.85. The van der Waals surface area contributed by atoms with Gasteiger partial charge in [-0.3, -0.25) is 0 Å². The van der Waals surface area contributed by atoms with Crippen LogP contribution in [-0.4, -0.2) is 35.3 Å². The van der Waals surface area contributed by atoms with Crippen LogP contribution in [-0.2, 0) is 12.2 Å². The second-order valence-corrected chi connectivity index (χ2v) is 7.04. The minimum absolute atomic E-state index is 0.243. The zero-order valence-corrected chi connectivity index (χ0v) is 12.9. The van der Waals surface area contributed by atoms with E-state index in [0.29, 0.717) is 5.56 Å². The molecule has 1 aliphatic heterocycles. The molecule has 0 saturated carbocycles. The topological polar surface area (TPSA) is 43.7 Å². The lowest BCUT2D eigenvalue weighted by molar-refractivity contribution is -0.178. The van der Waals surface area contributed by atoms with E-state index in [0.717, 1.165) is 23.4 Å². The molecule has 106 valence electrons. The quantitative estimate of drug-likeness (QED) is 0.837. The monoisotopic (exact) mass is 307 g/mol. The van der Waals surface area contributed by atoms with Gasteiger partial charge < -0.3 is 15.1 Å². The Morgan fingerprint density at radius 3 is 2.90 bits per heavy atom. The zero-order valence-electron chi connectivity index (χ0n) is 11.2. The first-order valence-corrected chi connectivity index (χ1v) is 8.28. The van der Waals surface area contributed by atoms with Crippen LogP contribution in [0.2, 0.25) is 0 Å². The van der Waals surface area contributed by atoms with Crippen molar-refractivity contribution >= 4 is 23.1 Å². The SMILES string of the molecule is CN1CCc2c(Sc3ccsc3)cccc2C(O)(O)C1. The third kappa shape index (κ3) is 2.77. The number of nitrogens with zero attached hydrogens (tertiary/aromatic N) is 1. The molecule has 0 fully saturated rings. The number of benzene rings is 1. The van der Waals surface area contributed by atoms with Crippen molar-refractivity contribution in [2.75, 3.05) is 20.1 Å². The minimum atomic E-state index is -1.77. The van der Waals surface area contributed by atoms with Crippen LogP contribution >= 0.6 is 23.1 Å². The molecular weight excluding hydrogens is 290 g/mol. The van der Waals surface area contributed by atoms with Gasteiger partial charge in [0.1, 0.15) is 0 Å². The number of β-amino-alcohol motifs (C(OH)–C–C–N with tert-alkyl or cyclic N) is 2. The van der Waals surface area contributed by atoms with Crippen LogP contribution in [0, 0.1) is 0 Å². The van der Waals surface area contributed by atoms with Crippen molar-refractivity contribution in [1.82, 2.24) is 4.90 Å². The van der Waals surface area contributed by atoms with E-state index in [1.54, 1.807) is 23.1 Å². The summed E-state index contributed by atoms with van der Waals surface area (Å²) >= 11 is 3.36. The van der Waals surface area contributed by atoms with Gasteiger partial charge in [0.15, 0.2) is 0 Å². The Morgan fingerprint density at radius 2 is 2.15 bits per heavy atom. The van der Waals surface area contributed by atoms with Crippen LogP contribution < -0.4 is 0 Å². The molecule has 1 aromatic heterocycles. The maximum absolute atomic E-state index is 10.3. The summed E-state index contributed by atoms with van der Waals surface area (Å²) in [5.41, 5.74) is 1.69. The second-order valence-electron chi connectivity index (χ2n) is 5.15. The smallest absolute Gasteiger partial charge is 0.203 e. The molecule has 0 amide bonds. The number of fused-ring (bicyclic) bond motifs is 1. The molecule has 2 heterocycles. The summed E-state index contributed by atoms with van der Waals surface area (Å²) in [4.78, 5) is 4.27. The Balaban J connectivity index is 2.02. The molecule has 20 heavy (non-hydrogen) atoms. The molecule has 3 rings (SSSR count). The van der Waals surface area contributed by atoms with E-state index < -0.39 is 5.79 Å². The molecule has 5 heteroatoms. The van der Waals surface area contributed by atoms with Gasteiger partial charge in [-0.25, -0.2) is 0 Å². The van der Waals surface area contributed by atoms with Crippen LogP contribution in [0.15, 0.2) is 44.8 Å². The molecule has 2 aromatic rings. The van der Waals surface area contributed by atoms with Gasteiger partial charge >= 0.3 is 0 Å². The van der Waals surface area contributed by atoms with Gasteiger partial charge in [-0.15, -0.1) is 0 Å². The summed E-state index contributed by atoms with van der Waals surface area (Å²) in [7, 11) is 1.92. The molecule has 0 atom stereocenters. The summed E-state index contributed by atoms with van der Waals surface area (Å²) < 4.78 is 0. The Kier molecular flexibility index (Phi) is 3.88.